The van der Waals surface area contributed by atoms with Gasteiger partial charge in [0, 0.05) is 11.3 Å². The minimum atomic E-state index is -0.350. The van der Waals surface area contributed by atoms with Crippen LogP contribution in [-0.4, -0.2) is 25.9 Å². The van der Waals surface area contributed by atoms with Gasteiger partial charge in [-0.3, -0.25) is 9.59 Å². The van der Waals surface area contributed by atoms with Gasteiger partial charge in [-0.1, -0.05) is 12.1 Å². The van der Waals surface area contributed by atoms with Gasteiger partial charge in [-0.05, 0) is 60.2 Å². The summed E-state index contributed by atoms with van der Waals surface area (Å²) in [5.74, 6) is 0.932. The van der Waals surface area contributed by atoms with Crippen LogP contribution in [0.3, 0.4) is 0 Å². The van der Waals surface area contributed by atoms with E-state index in [0.717, 1.165) is 5.56 Å². The molecule has 0 aliphatic heterocycles. The van der Waals surface area contributed by atoms with Gasteiger partial charge in [0.05, 0.1) is 20.5 Å². The number of methoxy groups -OCH3 is 2. The van der Waals surface area contributed by atoms with Crippen molar-refractivity contribution in [3.63, 3.8) is 0 Å². The van der Waals surface area contributed by atoms with Crippen LogP contribution >= 0.6 is 0 Å². The number of carbonyl (C=O) groups is 2. The fraction of sp³-hybridized carbons (Fsp3) is 0.0909. The van der Waals surface area contributed by atoms with Crippen LogP contribution in [0, 0.1) is 0 Å². The molecule has 3 aromatic rings. The van der Waals surface area contributed by atoms with Crippen LogP contribution in [-0.2, 0) is 0 Å². The van der Waals surface area contributed by atoms with Crippen LogP contribution in [0.5, 0.6) is 11.5 Å². The molecule has 6 nitrogen and oxygen atoms in total. The lowest BCUT2D eigenvalue weighted by Gasteiger charge is -2.07. The molecule has 1 N–H and O–H groups in total. The SMILES string of the molecule is COc1ccc(/C=C/C(=O)c2ccc(NC(=O)c3ccco3)cc2)cc1OC. The smallest absolute Gasteiger partial charge is 0.291 e. The minimum Gasteiger partial charge on any atom is -0.493 e. The first kappa shape index (κ1) is 19.0. The zero-order chi connectivity index (χ0) is 19.9. The Morgan fingerprint density at radius 2 is 1.71 bits per heavy atom. The standard InChI is InChI=1S/C22H19NO5/c1-26-19-12-6-15(14-21(19)27-2)5-11-18(24)16-7-9-17(10-8-16)23-22(25)20-4-3-13-28-20/h3-14H,1-2H3,(H,23,25)/b11-5+. The maximum absolute atomic E-state index is 12.4. The summed E-state index contributed by atoms with van der Waals surface area (Å²) in [5, 5.41) is 2.70. The Morgan fingerprint density at radius 3 is 2.36 bits per heavy atom. The summed E-state index contributed by atoms with van der Waals surface area (Å²) >= 11 is 0. The molecule has 0 fully saturated rings. The number of nitrogens with one attached hydrogen (secondary N) is 1. The first-order chi connectivity index (χ1) is 13.6. The predicted octanol–water partition coefficient (Wildman–Crippen LogP) is 4.45. The van der Waals surface area contributed by atoms with E-state index in [2.05, 4.69) is 5.32 Å². The number of rotatable bonds is 7. The predicted molar refractivity (Wildman–Crippen MR) is 106 cm³/mol. The summed E-state index contributed by atoms with van der Waals surface area (Å²) < 4.78 is 15.5. The molecule has 3 rings (SSSR count). The number of hydrogen-bond donors (Lipinski definition) is 1. The summed E-state index contributed by atoms with van der Waals surface area (Å²) in [7, 11) is 3.13. The molecule has 0 spiro atoms. The largest absolute Gasteiger partial charge is 0.493 e. The Labute approximate surface area is 162 Å². The number of amides is 1. The molecule has 6 heteroatoms. The fourth-order valence-electron chi connectivity index (χ4n) is 2.54. The van der Waals surface area contributed by atoms with Gasteiger partial charge in [-0.2, -0.15) is 0 Å². The Morgan fingerprint density at radius 1 is 0.964 bits per heavy atom. The quantitative estimate of drug-likeness (QED) is 0.486. The highest BCUT2D eigenvalue weighted by atomic mass is 16.5. The Kier molecular flexibility index (Phi) is 5.91. The molecule has 1 aromatic heterocycles. The monoisotopic (exact) mass is 377 g/mol. The fourth-order valence-corrected chi connectivity index (χ4v) is 2.54. The van der Waals surface area contributed by atoms with E-state index in [4.69, 9.17) is 13.9 Å². The molecule has 142 valence electrons. The van der Waals surface area contributed by atoms with E-state index in [9.17, 15) is 9.59 Å². The van der Waals surface area contributed by atoms with Gasteiger partial charge in [-0.15, -0.1) is 0 Å². The number of benzene rings is 2. The van der Waals surface area contributed by atoms with Gasteiger partial charge < -0.3 is 19.2 Å². The molecule has 0 unspecified atom stereocenters. The maximum Gasteiger partial charge on any atom is 0.291 e. The molecule has 2 aromatic carbocycles. The molecular formula is C22H19NO5. The van der Waals surface area contributed by atoms with Crippen molar-refractivity contribution in [3.05, 3.63) is 83.8 Å². The van der Waals surface area contributed by atoms with Crippen LogP contribution in [0.2, 0.25) is 0 Å². The highest BCUT2D eigenvalue weighted by molar-refractivity contribution is 6.07. The average Bonchev–Trinajstić information content (AvgIpc) is 3.27. The summed E-state index contributed by atoms with van der Waals surface area (Å²) in [4.78, 5) is 24.3. The van der Waals surface area contributed by atoms with Gasteiger partial charge in [0.15, 0.2) is 23.0 Å². The third kappa shape index (κ3) is 4.48. The topological polar surface area (TPSA) is 77.8 Å². The molecule has 0 saturated carbocycles. The molecule has 1 heterocycles. The molecule has 1 amide bonds. The maximum atomic E-state index is 12.4. The van der Waals surface area contributed by atoms with E-state index in [1.54, 1.807) is 68.8 Å². The zero-order valence-electron chi connectivity index (χ0n) is 15.5. The van der Waals surface area contributed by atoms with Gasteiger partial charge in [0.25, 0.3) is 5.91 Å². The van der Waals surface area contributed by atoms with E-state index >= 15 is 0 Å². The van der Waals surface area contributed by atoms with Crippen molar-refractivity contribution in [2.75, 3.05) is 19.5 Å². The number of anilines is 1. The highest BCUT2D eigenvalue weighted by Crippen LogP contribution is 2.28. The van der Waals surface area contributed by atoms with Crippen molar-refractivity contribution in [2.45, 2.75) is 0 Å². The lowest BCUT2D eigenvalue weighted by Crippen LogP contribution is -2.10. The third-order valence-electron chi connectivity index (χ3n) is 4.01. The van der Waals surface area contributed by atoms with E-state index in [1.807, 2.05) is 6.07 Å². The van der Waals surface area contributed by atoms with Gasteiger partial charge in [0.1, 0.15) is 0 Å². The van der Waals surface area contributed by atoms with Gasteiger partial charge >= 0.3 is 0 Å². The van der Waals surface area contributed by atoms with Crippen LogP contribution < -0.4 is 14.8 Å². The van der Waals surface area contributed by atoms with Crippen molar-refractivity contribution in [1.29, 1.82) is 0 Å². The summed E-state index contributed by atoms with van der Waals surface area (Å²) in [5.41, 5.74) is 1.89. The third-order valence-corrected chi connectivity index (χ3v) is 4.01. The molecule has 0 aliphatic carbocycles. The van der Waals surface area contributed by atoms with E-state index < -0.39 is 0 Å². The van der Waals surface area contributed by atoms with Crippen LogP contribution in [0.15, 0.2) is 71.4 Å². The molecule has 28 heavy (non-hydrogen) atoms. The second-order valence-corrected chi connectivity index (χ2v) is 5.82. The Balaban J connectivity index is 1.66. The van der Waals surface area contributed by atoms with E-state index in [-0.39, 0.29) is 17.5 Å². The second kappa shape index (κ2) is 8.73. The summed E-state index contributed by atoms with van der Waals surface area (Å²) in [6, 6.07) is 15.2. The van der Waals surface area contributed by atoms with E-state index in [1.165, 1.54) is 12.3 Å². The van der Waals surface area contributed by atoms with Crippen molar-refractivity contribution in [3.8, 4) is 11.5 Å². The highest BCUT2D eigenvalue weighted by Gasteiger charge is 2.09. The number of furan rings is 1. The van der Waals surface area contributed by atoms with Crippen molar-refractivity contribution < 1.29 is 23.5 Å². The van der Waals surface area contributed by atoms with Gasteiger partial charge in [0.2, 0.25) is 0 Å². The molecule has 0 saturated heterocycles. The van der Waals surface area contributed by atoms with Crippen LogP contribution in [0.25, 0.3) is 6.08 Å². The number of allylic oxidation sites excluding steroid dienone is 1. The minimum absolute atomic E-state index is 0.154. The number of carbonyl (C=O) groups excluding carboxylic acids is 2. The van der Waals surface area contributed by atoms with Crippen LogP contribution in [0.4, 0.5) is 5.69 Å². The average molecular weight is 377 g/mol. The van der Waals surface area contributed by atoms with Crippen molar-refractivity contribution >= 4 is 23.5 Å². The molecule has 0 bridgehead atoms. The van der Waals surface area contributed by atoms with Crippen molar-refractivity contribution in [1.82, 2.24) is 0 Å². The number of ketones is 1. The van der Waals surface area contributed by atoms with Crippen LogP contribution in [0.1, 0.15) is 26.5 Å². The van der Waals surface area contributed by atoms with Gasteiger partial charge in [-0.25, -0.2) is 0 Å². The first-order valence-electron chi connectivity index (χ1n) is 8.50. The summed E-state index contributed by atoms with van der Waals surface area (Å²) in [6.45, 7) is 0. The normalized spacial score (nSPS) is 10.6. The number of hydrogen-bond acceptors (Lipinski definition) is 5. The Hall–Kier alpha value is -3.80. The first-order valence-corrected chi connectivity index (χ1v) is 8.50. The van der Waals surface area contributed by atoms with Crippen molar-refractivity contribution in [2.24, 2.45) is 0 Å². The molecule has 0 aliphatic rings. The molecule has 0 radical (unpaired) electrons. The Bertz CT molecular complexity index is 988. The summed E-state index contributed by atoms with van der Waals surface area (Å²) in [6.07, 6.45) is 4.62. The second-order valence-electron chi connectivity index (χ2n) is 5.82. The molecular weight excluding hydrogens is 358 g/mol. The molecule has 0 atom stereocenters. The zero-order valence-corrected chi connectivity index (χ0v) is 15.5. The lowest BCUT2D eigenvalue weighted by molar-refractivity contribution is 0.0996. The number of ether oxygens (including phenoxy) is 2. The van der Waals surface area contributed by atoms with E-state index in [0.29, 0.717) is 22.7 Å². The lowest BCUT2D eigenvalue weighted by atomic mass is 10.1.